The molecule has 208 valence electrons. The van der Waals surface area contributed by atoms with E-state index in [-0.39, 0.29) is 5.91 Å². The maximum absolute atomic E-state index is 13.0. The fourth-order valence-electron chi connectivity index (χ4n) is 4.64. The van der Waals surface area contributed by atoms with E-state index in [4.69, 9.17) is 9.47 Å². The largest absolute Gasteiger partial charge is 0.493 e. The van der Waals surface area contributed by atoms with Crippen molar-refractivity contribution in [3.8, 4) is 11.5 Å². The zero-order valence-corrected chi connectivity index (χ0v) is 24.2. The number of amides is 1. The van der Waals surface area contributed by atoms with Gasteiger partial charge in [-0.15, -0.1) is 11.8 Å². The summed E-state index contributed by atoms with van der Waals surface area (Å²) in [5.41, 5.74) is 2.44. The second-order valence-electron chi connectivity index (χ2n) is 10.1. The van der Waals surface area contributed by atoms with Crippen LogP contribution in [0.5, 0.6) is 11.5 Å². The van der Waals surface area contributed by atoms with Crippen LogP contribution in [-0.2, 0) is 6.54 Å². The predicted octanol–water partition coefficient (Wildman–Crippen LogP) is 9.00. The van der Waals surface area contributed by atoms with Gasteiger partial charge in [0.05, 0.1) is 25.3 Å². The quantitative estimate of drug-likeness (QED) is 0.181. The molecule has 0 saturated heterocycles. The molecule has 1 aliphatic rings. The Morgan fingerprint density at radius 2 is 1.55 bits per heavy atom. The number of carbonyl (C=O) groups excluding carboxylic acids is 1. The van der Waals surface area contributed by atoms with Gasteiger partial charge in [-0.25, -0.2) is 0 Å². The smallest absolute Gasteiger partial charge is 0.255 e. The SMILES string of the molecule is CCCCCCCCCCCCCCOc1c(NC(=O)c2ccc(CN3C=CSC3)cc2)cccc1OC. The number of carbonyl (C=O) groups is 1. The number of thioether (sulfide) groups is 1. The molecule has 2 aromatic rings. The Kier molecular flexibility index (Phi) is 14.0. The summed E-state index contributed by atoms with van der Waals surface area (Å²) in [6, 6.07) is 13.4. The first-order valence-electron chi connectivity index (χ1n) is 14.4. The van der Waals surface area contributed by atoms with E-state index in [1.54, 1.807) is 18.9 Å². The number of hydrogen-bond acceptors (Lipinski definition) is 5. The minimum atomic E-state index is -0.156. The van der Waals surface area contributed by atoms with Crippen LogP contribution in [0.15, 0.2) is 54.1 Å². The topological polar surface area (TPSA) is 50.8 Å². The molecular weight excluding hydrogens is 492 g/mol. The van der Waals surface area contributed by atoms with Gasteiger partial charge in [-0.1, -0.05) is 95.8 Å². The molecular formula is C32H46N2O3S. The number of para-hydroxylation sites is 1. The van der Waals surface area contributed by atoms with E-state index in [0.717, 1.165) is 25.3 Å². The average molecular weight is 539 g/mol. The third kappa shape index (κ3) is 10.6. The first-order valence-corrected chi connectivity index (χ1v) is 15.5. The van der Waals surface area contributed by atoms with Crippen molar-refractivity contribution >= 4 is 23.4 Å². The van der Waals surface area contributed by atoms with Crippen LogP contribution in [0, 0.1) is 0 Å². The third-order valence-electron chi connectivity index (χ3n) is 6.90. The van der Waals surface area contributed by atoms with Crippen molar-refractivity contribution in [2.75, 3.05) is 24.9 Å². The molecule has 0 saturated carbocycles. The van der Waals surface area contributed by atoms with Crippen molar-refractivity contribution in [2.45, 2.75) is 90.5 Å². The molecule has 3 rings (SSSR count). The van der Waals surface area contributed by atoms with Crippen LogP contribution in [0.3, 0.4) is 0 Å². The van der Waals surface area contributed by atoms with Gasteiger partial charge in [0.1, 0.15) is 0 Å². The maximum atomic E-state index is 13.0. The lowest BCUT2D eigenvalue weighted by atomic mass is 10.1. The molecule has 1 N–H and O–H groups in total. The molecule has 0 unspecified atom stereocenters. The van der Waals surface area contributed by atoms with Crippen molar-refractivity contribution in [3.63, 3.8) is 0 Å². The molecule has 0 aliphatic carbocycles. The van der Waals surface area contributed by atoms with E-state index in [1.165, 1.54) is 69.8 Å². The Bertz CT molecular complexity index is 977. The molecule has 1 aliphatic heterocycles. The first kappa shape index (κ1) is 29.9. The van der Waals surface area contributed by atoms with Crippen molar-refractivity contribution in [1.29, 1.82) is 0 Å². The monoisotopic (exact) mass is 538 g/mol. The van der Waals surface area contributed by atoms with Gasteiger partial charge < -0.3 is 19.7 Å². The first-order chi connectivity index (χ1) is 18.7. The predicted molar refractivity (Wildman–Crippen MR) is 161 cm³/mol. The Labute approximate surface area is 234 Å². The third-order valence-corrected chi connectivity index (χ3v) is 7.70. The fraction of sp³-hybridized carbons (Fsp3) is 0.531. The fourth-order valence-corrected chi connectivity index (χ4v) is 5.35. The minimum Gasteiger partial charge on any atom is -0.493 e. The van der Waals surface area contributed by atoms with Gasteiger partial charge >= 0.3 is 0 Å². The molecule has 38 heavy (non-hydrogen) atoms. The highest BCUT2D eigenvalue weighted by Gasteiger charge is 2.15. The lowest BCUT2D eigenvalue weighted by Gasteiger charge is -2.16. The number of ether oxygens (including phenoxy) is 2. The molecule has 0 radical (unpaired) electrons. The molecule has 0 fully saturated rings. The maximum Gasteiger partial charge on any atom is 0.255 e. The number of nitrogens with one attached hydrogen (secondary N) is 1. The van der Waals surface area contributed by atoms with Gasteiger partial charge in [-0.2, -0.15) is 0 Å². The molecule has 1 heterocycles. The lowest BCUT2D eigenvalue weighted by Crippen LogP contribution is -2.15. The highest BCUT2D eigenvalue weighted by molar-refractivity contribution is 8.02. The molecule has 0 bridgehead atoms. The Hall–Kier alpha value is -2.60. The summed E-state index contributed by atoms with van der Waals surface area (Å²) in [7, 11) is 1.63. The number of methoxy groups -OCH3 is 1. The van der Waals surface area contributed by atoms with Crippen LogP contribution >= 0.6 is 11.8 Å². The minimum absolute atomic E-state index is 0.156. The molecule has 5 nitrogen and oxygen atoms in total. The van der Waals surface area contributed by atoms with E-state index >= 15 is 0 Å². The van der Waals surface area contributed by atoms with Crippen molar-refractivity contribution < 1.29 is 14.3 Å². The summed E-state index contributed by atoms with van der Waals surface area (Å²) in [5, 5.41) is 5.13. The number of benzene rings is 2. The van der Waals surface area contributed by atoms with Crippen LogP contribution in [0.2, 0.25) is 0 Å². The second kappa shape index (κ2) is 17.8. The van der Waals surface area contributed by atoms with Crippen molar-refractivity contribution in [1.82, 2.24) is 4.90 Å². The van der Waals surface area contributed by atoms with Crippen LogP contribution < -0.4 is 14.8 Å². The van der Waals surface area contributed by atoms with E-state index in [1.807, 2.05) is 42.5 Å². The van der Waals surface area contributed by atoms with Crippen LogP contribution in [0.4, 0.5) is 5.69 Å². The summed E-state index contributed by atoms with van der Waals surface area (Å²) in [4.78, 5) is 15.2. The normalized spacial score (nSPS) is 12.6. The van der Waals surface area contributed by atoms with Gasteiger partial charge in [-0.05, 0) is 41.7 Å². The van der Waals surface area contributed by atoms with Crippen LogP contribution in [0.1, 0.15) is 99.9 Å². The average Bonchev–Trinajstić information content (AvgIpc) is 3.45. The van der Waals surface area contributed by atoms with Gasteiger partial charge in [0.2, 0.25) is 0 Å². The second-order valence-corrected chi connectivity index (χ2v) is 10.9. The summed E-state index contributed by atoms with van der Waals surface area (Å²) < 4.78 is 11.7. The molecule has 0 atom stereocenters. The molecule has 6 heteroatoms. The number of nitrogens with zero attached hydrogens (tertiary/aromatic N) is 1. The van der Waals surface area contributed by atoms with Crippen LogP contribution in [-0.4, -0.2) is 30.4 Å². The number of hydrogen-bond donors (Lipinski definition) is 1. The lowest BCUT2D eigenvalue weighted by molar-refractivity contribution is 0.102. The summed E-state index contributed by atoms with van der Waals surface area (Å²) in [6.45, 7) is 3.73. The van der Waals surface area contributed by atoms with Crippen molar-refractivity contribution in [3.05, 3.63) is 65.2 Å². The number of anilines is 1. The molecule has 2 aromatic carbocycles. The van der Waals surface area contributed by atoms with E-state index in [0.29, 0.717) is 29.4 Å². The zero-order chi connectivity index (χ0) is 26.8. The summed E-state index contributed by atoms with van der Waals surface area (Å²) in [6.07, 6.45) is 17.8. The van der Waals surface area contributed by atoms with Gasteiger partial charge in [-0.3, -0.25) is 4.79 Å². The van der Waals surface area contributed by atoms with Crippen LogP contribution in [0.25, 0.3) is 0 Å². The van der Waals surface area contributed by atoms with E-state index in [2.05, 4.69) is 28.7 Å². The molecule has 0 spiro atoms. The van der Waals surface area contributed by atoms with E-state index in [9.17, 15) is 4.79 Å². The standard InChI is InChI=1S/C32H46N2O3S/c1-3-4-5-6-7-8-9-10-11-12-13-14-23-37-31-29(16-15-17-30(31)36-2)33-32(35)28-20-18-27(19-21-28)25-34-22-24-38-26-34/h15-22,24H,3-14,23,25-26H2,1-2H3,(H,33,35). The Morgan fingerprint density at radius 1 is 0.895 bits per heavy atom. The van der Waals surface area contributed by atoms with Gasteiger partial charge in [0.25, 0.3) is 5.91 Å². The number of rotatable bonds is 19. The van der Waals surface area contributed by atoms with E-state index < -0.39 is 0 Å². The molecule has 0 aromatic heterocycles. The summed E-state index contributed by atoms with van der Waals surface area (Å²) >= 11 is 1.79. The van der Waals surface area contributed by atoms with Gasteiger partial charge in [0.15, 0.2) is 11.5 Å². The molecule has 1 amide bonds. The highest BCUT2D eigenvalue weighted by atomic mass is 32.2. The highest BCUT2D eigenvalue weighted by Crippen LogP contribution is 2.35. The Morgan fingerprint density at radius 3 is 2.16 bits per heavy atom. The van der Waals surface area contributed by atoms with Gasteiger partial charge in [0, 0.05) is 18.3 Å². The zero-order valence-electron chi connectivity index (χ0n) is 23.4. The summed E-state index contributed by atoms with van der Waals surface area (Å²) in [5.74, 6) is 2.05. The Balaban J connectivity index is 1.39. The van der Waals surface area contributed by atoms with Crippen molar-refractivity contribution in [2.24, 2.45) is 0 Å². The number of unbranched alkanes of at least 4 members (excludes halogenated alkanes) is 11.